The molecule has 1 rings (SSSR count). The molecule has 72 valence electrons. The fourth-order valence-corrected chi connectivity index (χ4v) is 1.36. The summed E-state index contributed by atoms with van der Waals surface area (Å²) in [4.78, 5) is 0. The van der Waals surface area contributed by atoms with Crippen LogP contribution in [-0.4, -0.2) is 12.6 Å². The van der Waals surface area contributed by atoms with Crippen molar-refractivity contribution in [2.75, 3.05) is 6.54 Å². The van der Waals surface area contributed by atoms with Gasteiger partial charge in [0.2, 0.25) is 0 Å². The van der Waals surface area contributed by atoms with E-state index in [1.165, 1.54) is 32.2 Å². The topological polar surface area (TPSA) is 12.0 Å². The third-order valence-electron chi connectivity index (χ3n) is 2.95. The number of rotatable bonds is 6. The van der Waals surface area contributed by atoms with Crippen LogP contribution >= 0.6 is 0 Å². The maximum absolute atomic E-state index is 3.57. The average Bonchev–Trinajstić information content (AvgIpc) is 2.80. The molecule has 1 atom stereocenters. The SMILES string of the molecule is CC(C)C(C)NCCCC1CC1. The molecule has 1 nitrogen and oxygen atoms in total. The minimum Gasteiger partial charge on any atom is -0.314 e. The Morgan fingerprint density at radius 3 is 2.42 bits per heavy atom. The van der Waals surface area contributed by atoms with E-state index in [2.05, 4.69) is 26.1 Å². The summed E-state index contributed by atoms with van der Waals surface area (Å²) < 4.78 is 0. The zero-order valence-corrected chi connectivity index (χ0v) is 8.77. The molecule has 1 fully saturated rings. The first-order valence-corrected chi connectivity index (χ1v) is 5.43. The molecule has 1 saturated carbocycles. The van der Waals surface area contributed by atoms with E-state index in [1.807, 2.05) is 0 Å². The van der Waals surface area contributed by atoms with Gasteiger partial charge in [-0.05, 0) is 38.1 Å². The van der Waals surface area contributed by atoms with Crippen LogP contribution in [-0.2, 0) is 0 Å². The molecule has 0 amide bonds. The molecule has 1 heteroatoms. The summed E-state index contributed by atoms with van der Waals surface area (Å²) in [5.74, 6) is 1.87. The van der Waals surface area contributed by atoms with Gasteiger partial charge in [-0.3, -0.25) is 0 Å². The fraction of sp³-hybridized carbons (Fsp3) is 1.00. The highest BCUT2D eigenvalue weighted by Gasteiger charge is 2.20. The lowest BCUT2D eigenvalue weighted by Crippen LogP contribution is -2.31. The highest BCUT2D eigenvalue weighted by Crippen LogP contribution is 2.33. The first-order chi connectivity index (χ1) is 5.70. The van der Waals surface area contributed by atoms with Crippen LogP contribution in [0.1, 0.15) is 46.5 Å². The molecule has 0 aromatic heterocycles. The molecule has 1 aliphatic carbocycles. The summed E-state index contributed by atoms with van der Waals surface area (Å²) in [5, 5.41) is 3.57. The summed E-state index contributed by atoms with van der Waals surface area (Å²) in [6, 6.07) is 0.684. The zero-order valence-electron chi connectivity index (χ0n) is 8.77. The highest BCUT2D eigenvalue weighted by atomic mass is 14.9. The maximum Gasteiger partial charge on any atom is 0.00617 e. The monoisotopic (exact) mass is 169 g/mol. The Morgan fingerprint density at radius 2 is 1.92 bits per heavy atom. The molecule has 0 bridgehead atoms. The minimum absolute atomic E-state index is 0.684. The predicted octanol–water partition coefficient (Wildman–Crippen LogP) is 2.81. The van der Waals surface area contributed by atoms with E-state index < -0.39 is 0 Å². The van der Waals surface area contributed by atoms with E-state index in [0.29, 0.717) is 6.04 Å². The van der Waals surface area contributed by atoms with Gasteiger partial charge in [0.05, 0.1) is 0 Å². The third-order valence-corrected chi connectivity index (χ3v) is 2.95. The molecule has 0 spiro atoms. The fourth-order valence-electron chi connectivity index (χ4n) is 1.36. The third kappa shape index (κ3) is 4.10. The minimum atomic E-state index is 0.684. The smallest absolute Gasteiger partial charge is 0.00617 e. The molecule has 0 aliphatic heterocycles. The second-order valence-electron chi connectivity index (χ2n) is 4.57. The van der Waals surface area contributed by atoms with Crippen molar-refractivity contribution >= 4 is 0 Å². The van der Waals surface area contributed by atoms with Crippen LogP contribution in [0.25, 0.3) is 0 Å². The van der Waals surface area contributed by atoms with Crippen molar-refractivity contribution in [1.82, 2.24) is 5.32 Å². The van der Waals surface area contributed by atoms with Gasteiger partial charge in [0.15, 0.2) is 0 Å². The normalized spacial score (nSPS) is 20.0. The Kier molecular flexibility index (Phi) is 4.07. The Balaban J connectivity index is 1.86. The number of nitrogens with one attached hydrogen (secondary N) is 1. The summed E-state index contributed by atoms with van der Waals surface area (Å²) in [6.45, 7) is 8.05. The van der Waals surface area contributed by atoms with Crippen molar-refractivity contribution in [1.29, 1.82) is 0 Å². The lowest BCUT2D eigenvalue weighted by Gasteiger charge is -2.17. The molecule has 1 N–H and O–H groups in total. The zero-order chi connectivity index (χ0) is 8.97. The first-order valence-electron chi connectivity index (χ1n) is 5.43. The van der Waals surface area contributed by atoms with Gasteiger partial charge < -0.3 is 5.32 Å². The van der Waals surface area contributed by atoms with E-state index >= 15 is 0 Å². The quantitative estimate of drug-likeness (QED) is 0.603. The summed E-state index contributed by atoms with van der Waals surface area (Å²) in [7, 11) is 0. The Morgan fingerprint density at radius 1 is 1.25 bits per heavy atom. The summed E-state index contributed by atoms with van der Waals surface area (Å²) >= 11 is 0. The first kappa shape index (κ1) is 10.0. The van der Waals surface area contributed by atoms with Crippen LogP contribution in [0.4, 0.5) is 0 Å². The van der Waals surface area contributed by atoms with Crippen LogP contribution in [0.15, 0.2) is 0 Å². The number of hydrogen-bond donors (Lipinski definition) is 1. The van der Waals surface area contributed by atoms with Gasteiger partial charge in [-0.25, -0.2) is 0 Å². The van der Waals surface area contributed by atoms with Gasteiger partial charge in [0.25, 0.3) is 0 Å². The Hall–Kier alpha value is -0.0400. The molecule has 1 unspecified atom stereocenters. The molecule has 0 aromatic rings. The Labute approximate surface area is 76.9 Å². The second-order valence-corrected chi connectivity index (χ2v) is 4.57. The number of hydrogen-bond acceptors (Lipinski definition) is 1. The summed E-state index contributed by atoms with van der Waals surface area (Å²) in [6.07, 6.45) is 5.83. The van der Waals surface area contributed by atoms with Gasteiger partial charge in [0.1, 0.15) is 0 Å². The van der Waals surface area contributed by atoms with Gasteiger partial charge >= 0.3 is 0 Å². The van der Waals surface area contributed by atoms with Crippen molar-refractivity contribution in [3.05, 3.63) is 0 Å². The van der Waals surface area contributed by atoms with Gasteiger partial charge in [-0.1, -0.05) is 26.7 Å². The molecular weight excluding hydrogens is 146 g/mol. The van der Waals surface area contributed by atoms with Crippen LogP contribution in [0.2, 0.25) is 0 Å². The molecule has 0 aromatic carbocycles. The van der Waals surface area contributed by atoms with E-state index in [1.54, 1.807) is 0 Å². The highest BCUT2D eigenvalue weighted by molar-refractivity contribution is 4.73. The van der Waals surface area contributed by atoms with Crippen molar-refractivity contribution in [3.63, 3.8) is 0 Å². The van der Waals surface area contributed by atoms with Crippen LogP contribution in [0.3, 0.4) is 0 Å². The van der Waals surface area contributed by atoms with Gasteiger partial charge in [-0.2, -0.15) is 0 Å². The molecular formula is C11H23N. The lowest BCUT2D eigenvalue weighted by atomic mass is 10.1. The van der Waals surface area contributed by atoms with Gasteiger partial charge in [0, 0.05) is 6.04 Å². The largest absolute Gasteiger partial charge is 0.314 e. The summed E-state index contributed by atoms with van der Waals surface area (Å²) in [5.41, 5.74) is 0. The second kappa shape index (κ2) is 4.86. The van der Waals surface area contributed by atoms with E-state index in [-0.39, 0.29) is 0 Å². The maximum atomic E-state index is 3.57. The van der Waals surface area contributed by atoms with Gasteiger partial charge in [-0.15, -0.1) is 0 Å². The molecule has 0 radical (unpaired) electrons. The predicted molar refractivity (Wildman–Crippen MR) is 54.3 cm³/mol. The van der Waals surface area contributed by atoms with E-state index in [4.69, 9.17) is 0 Å². The van der Waals surface area contributed by atoms with Crippen LogP contribution < -0.4 is 5.32 Å². The van der Waals surface area contributed by atoms with Crippen molar-refractivity contribution in [2.24, 2.45) is 11.8 Å². The van der Waals surface area contributed by atoms with Crippen LogP contribution in [0.5, 0.6) is 0 Å². The van der Waals surface area contributed by atoms with Crippen molar-refractivity contribution in [3.8, 4) is 0 Å². The van der Waals surface area contributed by atoms with Crippen molar-refractivity contribution in [2.45, 2.75) is 52.5 Å². The van der Waals surface area contributed by atoms with Crippen molar-refractivity contribution < 1.29 is 0 Å². The molecule has 0 heterocycles. The molecule has 1 aliphatic rings. The Bertz CT molecular complexity index is 116. The molecule has 0 saturated heterocycles. The molecule has 12 heavy (non-hydrogen) atoms. The van der Waals surface area contributed by atoms with E-state index in [0.717, 1.165) is 11.8 Å². The van der Waals surface area contributed by atoms with E-state index in [9.17, 15) is 0 Å². The van der Waals surface area contributed by atoms with Crippen LogP contribution in [0, 0.1) is 11.8 Å². The average molecular weight is 169 g/mol. The standard InChI is InChI=1S/C11H23N/c1-9(2)10(3)12-8-4-5-11-6-7-11/h9-12H,4-8H2,1-3H3. The lowest BCUT2D eigenvalue weighted by molar-refractivity contribution is 0.419.